The zero-order valence-electron chi connectivity index (χ0n) is 16.9. The van der Waals surface area contributed by atoms with Gasteiger partial charge in [-0.1, -0.05) is 75.1 Å². The van der Waals surface area contributed by atoms with Gasteiger partial charge in [0.15, 0.2) is 0 Å². The molecular weight excluding hydrogens is 334 g/mol. The molecule has 0 saturated carbocycles. The Labute approximate surface area is 164 Å². The monoisotopic (exact) mass is 369 g/mol. The van der Waals surface area contributed by atoms with E-state index in [2.05, 4.69) is 19.1 Å². The molecule has 3 heteroatoms. The number of aliphatic hydroxyl groups excluding tert-OH is 1. The van der Waals surface area contributed by atoms with E-state index >= 15 is 0 Å². The fourth-order valence-corrected chi connectivity index (χ4v) is 3.21. The van der Waals surface area contributed by atoms with Crippen molar-refractivity contribution in [2.75, 3.05) is 6.61 Å². The van der Waals surface area contributed by atoms with Crippen LogP contribution in [0.5, 0.6) is 5.75 Å². The van der Waals surface area contributed by atoms with Crippen LogP contribution in [0.2, 0.25) is 0 Å². The summed E-state index contributed by atoms with van der Waals surface area (Å²) in [6.45, 7) is 4.93. The highest BCUT2D eigenvalue weighted by molar-refractivity contribution is 5.28. The highest BCUT2D eigenvalue weighted by Crippen LogP contribution is 2.28. The molecule has 2 aromatic rings. The first-order valence-electron chi connectivity index (χ1n) is 10.3. The molecule has 0 spiro atoms. The Hall–Kier alpha value is -1.84. The number of hydrogen-bond donors (Lipinski definition) is 2. The summed E-state index contributed by atoms with van der Waals surface area (Å²) in [5, 5.41) is 10.6. The Bertz CT molecular complexity index is 637. The average Bonchev–Trinajstić information content (AvgIpc) is 2.70. The van der Waals surface area contributed by atoms with Gasteiger partial charge in [-0.3, -0.25) is 0 Å². The third kappa shape index (κ3) is 7.36. The average molecular weight is 370 g/mol. The quantitative estimate of drug-likeness (QED) is 0.491. The number of hydrogen-bond acceptors (Lipinski definition) is 3. The number of benzene rings is 2. The van der Waals surface area contributed by atoms with Crippen LogP contribution in [0.15, 0.2) is 54.6 Å². The Morgan fingerprint density at radius 2 is 1.63 bits per heavy atom. The van der Waals surface area contributed by atoms with Crippen molar-refractivity contribution in [2.24, 2.45) is 5.73 Å². The molecule has 0 heterocycles. The molecule has 2 atom stereocenters. The van der Waals surface area contributed by atoms with E-state index in [4.69, 9.17) is 10.5 Å². The first kappa shape index (κ1) is 21.5. The summed E-state index contributed by atoms with van der Waals surface area (Å²) in [4.78, 5) is 0. The fourth-order valence-electron chi connectivity index (χ4n) is 3.21. The number of aliphatic hydroxyl groups is 1. The highest BCUT2D eigenvalue weighted by Gasteiger charge is 2.29. The van der Waals surface area contributed by atoms with Crippen LogP contribution < -0.4 is 10.5 Å². The van der Waals surface area contributed by atoms with E-state index in [1.165, 1.54) is 31.2 Å². The first-order chi connectivity index (χ1) is 13.0. The largest absolute Gasteiger partial charge is 0.494 e. The molecule has 3 nitrogen and oxygen atoms in total. The van der Waals surface area contributed by atoms with E-state index in [0.717, 1.165) is 30.8 Å². The van der Waals surface area contributed by atoms with Crippen LogP contribution in [0.4, 0.5) is 0 Å². The summed E-state index contributed by atoms with van der Waals surface area (Å²) in [6, 6.07) is 17.9. The second kappa shape index (κ2) is 11.1. The summed E-state index contributed by atoms with van der Waals surface area (Å²) >= 11 is 0. The molecule has 2 rings (SSSR count). The van der Waals surface area contributed by atoms with E-state index in [9.17, 15) is 5.11 Å². The number of aryl methyl sites for hydroxylation is 1. The van der Waals surface area contributed by atoms with Gasteiger partial charge < -0.3 is 15.6 Å². The van der Waals surface area contributed by atoms with Crippen molar-refractivity contribution in [3.8, 4) is 5.75 Å². The summed E-state index contributed by atoms with van der Waals surface area (Å²) in [5.41, 5.74) is 7.82. The zero-order chi connectivity index (χ0) is 19.5. The van der Waals surface area contributed by atoms with Crippen molar-refractivity contribution in [1.82, 2.24) is 0 Å². The highest BCUT2D eigenvalue weighted by atomic mass is 16.5. The minimum Gasteiger partial charge on any atom is -0.494 e. The summed E-state index contributed by atoms with van der Waals surface area (Å²) in [7, 11) is 0. The minimum atomic E-state index is -0.672. The van der Waals surface area contributed by atoms with Crippen LogP contribution in [0, 0.1) is 0 Å². The van der Waals surface area contributed by atoms with Gasteiger partial charge in [0.05, 0.1) is 12.7 Å². The smallest absolute Gasteiger partial charge is 0.119 e. The van der Waals surface area contributed by atoms with Gasteiger partial charge >= 0.3 is 0 Å². The molecule has 0 aromatic heterocycles. The number of nitrogens with two attached hydrogens (primary N) is 1. The Balaban J connectivity index is 1.77. The summed E-state index contributed by atoms with van der Waals surface area (Å²) in [6.07, 6.45) is 7.10. The fraction of sp³-hybridized carbons (Fsp3) is 0.500. The lowest BCUT2D eigenvalue weighted by Gasteiger charge is -2.31. The van der Waals surface area contributed by atoms with Gasteiger partial charge in [0, 0.05) is 5.54 Å². The molecule has 0 unspecified atom stereocenters. The maximum absolute atomic E-state index is 10.6. The van der Waals surface area contributed by atoms with Gasteiger partial charge in [-0.15, -0.1) is 0 Å². The Morgan fingerprint density at radius 1 is 0.963 bits per heavy atom. The van der Waals surface area contributed by atoms with E-state index in [-0.39, 0.29) is 0 Å². The third-order valence-corrected chi connectivity index (χ3v) is 5.13. The van der Waals surface area contributed by atoms with Gasteiger partial charge in [-0.25, -0.2) is 0 Å². The van der Waals surface area contributed by atoms with Gasteiger partial charge in [-0.2, -0.15) is 0 Å². The van der Waals surface area contributed by atoms with E-state index in [0.29, 0.717) is 6.42 Å². The normalized spacial score (nSPS) is 14.5. The predicted octanol–water partition coefficient (Wildman–Crippen LogP) is 5.42. The van der Waals surface area contributed by atoms with Gasteiger partial charge in [0.1, 0.15) is 5.75 Å². The zero-order valence-corrected chi connectivity index (χ0v) is 16.9. The molecule has 0 aliphatic heterocycles. The SMILES string of the molecule is CCCCCCCOc1ccc(CC[C@@](C)(N)[C@H](O)c2ccccc2)cc1. The maximum Gasteiger partial charge on any atom is 0.119 e. The molecular formula is C24H35NO2. The molecule has 0 aliphatic carbocycles. The van der Waals surface area contributed by atoms with E-state index < -0.39 is 11.6 Å². The lowest BCUT2D eigenvalue weighted by atomic mass is 9.85. The molecule has 0 fully saturated rings. The predicted molar refractivity (Wildman–Crippen MR) is 113 cm³/mol. The molecule has 2 aromatic carbocycles. The summed E-state index contributed by atoms with van der Waals surface area (Å²) < 4.78 is 5.82. The van der Waals surface area contributed by atoms with E-state index in [1.807, 2.05) is 49.4 Å². The lowest BCUT2D eigenvalue weighted by Crippen LogP contribution is -2.43. The van der Waals surface area contributed by atoms with Gasteiger partial charge in [0.25, 0.3) is 0 Å². The van der Waals surface area contributed by atoms with Gasteiger partial charge in [0.2, 0.25) is 0 Å². The second-order valence-corrected chi connectivity index (χ2v) is 7.73. The Kier molecular flexibility index (Phi) is 8.83. The van der Waals surface area contributed by atoms with Crippen molar-refractivity contribution in [3.05, 3.63) is 65.7 Å². The van der Waals surface area contributed by atoms with Crippen LogP contribution in [0.1, 0.15) is 69.6 Å². The topological polar surface area (TPSA) is 55.5 Å². The third-order valence-electron chi connectivity index (χ3n) is 5.13. The van der Waals surface area contributed by atoms with Crippen LogP contribution in [0.25, 0.3) is 0 Å². The van der Waals surface area contributed by atoms with Crippen LogP contribution >= 0.6 is 0 Å². The molecule has 0 aliphatic rings. The second-order valence-electron chi connectivity index (χ2n) is 7.73. The lowest BCUT2D eigenvalue weighted by molar-refractivity contribution is 0.0888. The van der Waals surface area contributed by atoms with Crippen molar-refractivity contribution in [3.63, 3.8) is 0 Å². The molecule has 0 amide bonds. The molecule has 0 bridgehead atoms. The molecule has 3 N–H and O–H groups in total. The van der Waals surface area contributed by atoms with E-state index in [1.54, 1.807) is 0 Å². The minimum absolute atomic E-state index is 0.672. The summed E-state index contributed by atoms with van der Waals surface area (Å²) in [5.74, 6) is 0.925. The maximum atomic E-state index is 10.6. The number of ether oxygens (including phenoxy) is 1. The van der Waals surface area contributed by atoms with Crippen LogP contribution in [0.3, 0.4) is 0 Å². The molecule has 148 valence electrons. The first-order valence-corrected chi connectivity index (χ1v) is 10.3. The number of unbranched alkanes of at least 4 members (excludes halogenated alkanes) is 4. The standard InChI is InChI=1S/C24H35NO2/c1-3-4-5-6-10-19-27-22-15-13-20(14-16-22)17-18-24(2,25)23(26)21-11-8-7-9-12-21/h7-9,11-16,23,26H,3-6,10,17-19,25H2,1-2H3/t23-,24-/m1/s1. The molecule has 27 heavy (non-hydrogen) atoms. The Morgan fingerprint density at radius 3 is 2.30 bits per heavy atom. The van der Waals surface area contributed by atoms with Crippen molar-refractivity contribution < 1.29 is 9.84 Å². The van der Waals surface area contributed by atoms with Crippen molar-refractivity contribution in [2.45, 2.75) is 70.4 Å². The van der Waals surface area contributed by atoms with Crippen molar-refractivity contribution in [1.29, 1.82) is 0 Å². The van der Waals surface area contributed by atoms with Crippen LogP contribution in [-0.2, 0) is 6.42 Å². The van der Waals surface area contributed by atoms with Crippen molar-refractivity contribution >= 4 is 0 Å². The van der Waals surface area contributed by atoms with Gasteiger partial charge in [-0.05, 0) is 49.4 Å². The molecule has 0 radical (unpaired) electrons. The van der Waals surface area contributed by atoms with Crippen LogP contribution in [-0.4, -0.2) is 17.3 Å². The molecule has 0 saturated heterocycles. The number of rotatable bonds is 12.